The Balaban J connectivity index is 0.000000860. The van der Waals surface area contributed by atoms with Crippen molar-refractivity contribution in [1.29, 1.82) is 0 Å². The molecule has 0 saturated carbocycles. The van der Waals surface area contributed by atoms with Gasteiger partial charge >= 0.3 is 0 Å². The second-order valence-corrected chi connectivity index (χ2v) is 12.8. The fourth-order valence-electron chi connectivity index (χ4n) is 5.66. The lowest BCUT2D eigenvalue weighted by Gasteiger charge is -2.41. The molecule has 0 unspecified atom stereocenters. The second-order valence-electron chi connectivity index (χ2n) is 12.3. The van der Waals surface area contributed by atoms with Crippen molar-refractivity contribution in [3.05, 3.63) is 52.2 Å². The molecule has 0 radical (unpaired) electrons. The van der Waals surface area contributed by atoms with Crippen molar-refractivity contribution in [3.63, 3.8) is 0 Å². The number of hydrogen-bond donors (Lipinski definition) is 4. The Hall–Kier alpha value is -2.60. The van der Waals surface area contributed by atoms with Gasteiger partial charge in [0.25, 0.3) is 5.97 Å². The summed E-state index contributed by atoms with van der Waals surface area (Å²) in [5, 5.41) is 35.2. The maximum absolute atomic E-state index is 12.8. The molecule has 1 fully saturated rings. The standard InChI is InChI=1S/C29H40ClN3O4.C4H10O3/c1-21-8-9-24(30)18-26(21)29(22(2)35)10-12-33(13-11-29)14-16-37-25-17-23(7-6-15-34)27(31-19-25)32(5)20-28(3,4)36;1-2-3-4(5,6)7/h8-9,15,17-19,36H,6-7,10-14,16,20H2,1-5H3;5-7H,2-3H2,1H3. The average Bonchev–Trinajstić information content (AvgIpc) is 2.92. The number of Topliss-reactive ketones (excluding diaryl/α,β-unsaturated/α-hetero) is 1. The minimum atomic E-state index is -2.45. The van der Waals surface area contributed by atoms with E-state index < -0.39 is 17.0 Å². The molecule has 10 nitrogen and oxygen atoms in total. The summed E-state index contributed by atoms with van der Waals surface area (Å²) in [6.45, 7) is 12.3. The number of ether oxygens (including phenoxy) is 1. The molecule has 3 rings (SSSR count). The zero-order valence-corrected chi connectivity index (χ0v) is 27.7. The zero-order valence-electron chi connectivity index (χ0n) is 27.0. The molecule has 2 heterocycles. The Labute approximate surface area is 266 Å². The first kappa shape index (κ1) is 37.6. The van der Waals surface area contributed by atoms with E-state index in [4.69, 9.17) is 31.7 Å². The van der Waals surface area contributed by atoms with Crippen molar-refractivity contribution in [2.24, 2.45) is 0 Å². The quantitative estimate of drug-likeness (QED) is 0.179. The van der Waals surface area contributed by atoms with E-state index >= 15 is 0 Å². The fourth-order valence-corrected chi connectivity index (χ4v) is 5.84. The number of aryl methyl sites for hydroxylation is 2. The average molecular weight is 636 g/mol. The van der Waals surface area contributed by atoms with E-state index in [1.54, 1.807) is 33.9 Å². The topological polar surface area (TPSA) is 144 Å². The van der Waals surface area contributed by atoms with Crippen LogP contribution in [0.3, 0.4) is 0 Å². The zero-order chi connectivity index (χ0) is 33.1. The van der Waals surface area contributed by atoms with Crippen molar-refractivity contribution in [1.82, 2.24) is 9.88 Å². The van der Waals surface area contributed by atoms with Crippen LogP contribution in [0.4, 0.5) is 5.82 Å². The van der Waals surface area contributed by atoms with E-state index in [0.29, 0.717) is 43.2 Å². The van der Waals surface area contributed by atoms with E-state index in [1.165, 1.54) is 0 Å². The highest BCUT2D eigenvalue weighted by molar-refractivity contribution is 6.30. The molecule has 11 heteroatoms. The van der Waals surface area contributed by atoms with Crippen LogP contribution in [0.1, 0.15) is 76.5 Å². The number of likely N-dealkylation sites (N-methyl/N-ethyl adjacent to an activating group) is 1. The molecule has 44 heavy (non-hydrogen) atoms. The van der Waals surface area contributed by atoms with Gasteiger partial charge in [0.05, 0.1) is 17.2 Å². The molecule has 0 bridgehead atoms. The smallest absolute Gasteiger partial charge is 0.275 e. The van der Waals surface area contributed by atoms with Crippen molar-refractivity contribution >= 4 is 29.5 Å². The molecule has 2 aromatic rings. The number of halogens is 1. The monoisotopic (exact) mass is 635 g/mol. The highest BCUT2D eigenvalue weighted by atomic mass is 35.5. The third kappa shape index (κ3) is 11.7. The van der Waals surface area contributed by atoms with Crippen LogP contribution in [0.15, 0.2) is 30.5 Å². The van der Waals surface area contributed by atoms with E-state index in [9.17, 15) is 14.7 Å². The van der Waals surface area contributed by atoms with Crippen molar-refractivity contribution in [2.75, 3.05) is 44.7 Å². The number of benzene rings is 1. The summed E-state index contributed by atoms with van der Waals surface area (Å²) in [4.78, 5) is 32.6. The number of ketones is 1. The van der Waals surface area contributed by atoms with Crippen LogP contribution in [0.25, 0.3) is 0 Å². The first-order chi connectivity index (χ1) is 20.5. The van der Waals surface area contributed by atoms with Gasteiger partial charge in [-0.2, -0.15) is 0 Å². The lowest BCUT2D eigenvalue weighted by atomic mass is 9.69. The van der Waals surface area contributed by atoms with Crippen molar-refractivity contribution in [2.45, 2.75) is 90.1 Å². The Morgan fingerprint density at radius 1 is 1.18 bits per heavy atom. The van der Waals surface area contributed by atoms with Crippen LogP contribution in [0.5, 0.6) is 5.75 Å². The number of aromatic nitrogens is 1. The minimum absolute atomic E-state index is 0.00694. The van der Waals surface area contributed by atoms with E-state index in [2.05, 4.69) is 9.88 Å². The Kier molecular flexibility index (Phi) is 14.2. The van der Waals surface area contributed by atoms with Gasteiger partial charge in [-0.3, -0.25) is 9.69 Å². The van der Waals surface area contributed by atoms with E-state index in [-0.39, 0.29) is 12.2 Å². The number of pyridine rings is 1. The predicted octanol–water partition coefficient (Wildman–Crippen LogP) is 3.80. The van der Waals surface area contributed by atoms with E-state index in [0.717, 1.165) is 61.3 Å². The molecule has 1 aliphatic heterocycles. The van der Waals surface area contributed by atoms with Gasteiger partial charge in [-0.1, -0.05) is 24.6 Å². The number of nitrogens with zero attached hydrogens (tertiary/aromatic N) is 3. The maximum atomic E-state index is 12.8. The first-order valence-electron chi connectivity index (χ1n) is 15.2. The molecule has 0 atom stereocenters. The molecule has 1 saturated heterocycles. The van der Waals surface area contributed by atoms with Gasteiger partial charge in [0, 0.05) is 38.0 Å². The fraction of sp³-hybridized carbons (Fsp3) is 0.606. The van der Waals surface area contributed by atoms with Gasteiger partial charge < -0.3 is 34.9 Å². The summed E-state index contributed by atoms with van der Waals surface area (Å²) in [6, 6.07) is 7.76. The number of aliphatic hydroxyl groups is 4. The number of aldehydes is 1. The normalized spacial score (nSPS) is 15.2. The third-order valence-corrected chi connectivity index (χ3v) is 8.03. The number of rotatable bonds is 14. The largest absolute Gasteiger partial charge is 0.491 e. The van der Waals surface area contributed by atoms with Gasteiger partial charge in [-0.05, 0) is 101 Å². The van der Waals surface area contributed by atoms with Crippen LogP contribution >= 0.6 is 11.6 Å². The lowest BCUT2D eigenvalue weighted by Crippen LogP contribution is -2.47. The molecule has 0 aliphatic carbocycles. The molecule has 4 N–H and O–H groups in total. The predicted molar refractivity (Wildman–Crippen MR) is 172 cm³/mol. The summed E-state index contributed by atoms with van der Waals surface area (Å²) in [7, 11) is 1.88. The molecule has 1 aliphatic rings. The van der Waals surface area contributed by atoms with Gasteiger partial charge in [0.1, 0.15) is 30.2 Å². The molecule has 246 valence electrons. The number of anilines is 1. The van der Waals surface area contributed by atoms with Crippen LogP contribution in [0, 0.1) is 6.92 Å². The van der Waals surface area contributed by atoms with Gasteiger partial charge in [0.15, 0.2) is 0 Å². The SMILES string of the molecule is CC(=O)C1(c2cc(Cl)ccc2C)CCN(CCOc2cnc(N(C)CC(C)(C)O)c(CCC=O)c2)CC1.CCCC(O)(O)O. The highest BCUT2D eigenvalue weighted by Gasteiger charge is 2.41. The van der Waals surface area contributed by atoms with Gasteiger partial charge in [-0.15, -0.1) is 0 Å². The summed E-state index contributed by atoms with van der Waals surface area (Å²) in [5.74, 6) is -0.859. The second kappa shape index (κ2) is 16.6. The van der Waals surface area contributed by atoms with E-state index in [1.807, 2.05) is 43.1 Å². The summed E-state index contributed by atoms with van der Waals surface area (Å²) < 4.78 is 6.04. The number of carbonyl (C=O) groups excluding carboxylic acids is 2. The number of likely N-dealkylation sites (tertiary alicyclic amines) is 1. The number of piperidine rings is 1. The summed E-state index contributed by atoms with van der Waals surface area (Å²) in [6.07, 6.45) is 5.62. The third-order valence-electron chi connectivity index (χ3n) is 7.80. The molecule has 0 amide bonds. The van der Waals surface area contributed by atoms with Gasteiger partial charge in [-0.25, -0.2) is 4.98 Å². The maximum Gasteiger partial charge on any atom is 0.275 e. The lowest BCUT2D eigenvalue weighted by molar-refractivity contribution is -0.314. The highest BCUT2D eigenvalue weighted by Crippen LogP contribution is 2.39. The Morgan fingerprint density at radius 2 is 1.84 bits per heavy atom. The summed E-state index contributed by atoms with van der Waals surface area (Å²) in [5.41, 5.74) is 1.71. The molecular formula is C33H50ClN3O7. The molecule has 0 spiro atoms. The Bertz CT molecular complexity index is 1220. The minimum Gasteiger partial charge on any atom is -0.491 e. The molecule has 1 aromatic heterocycles. The molecule has 1 aromatic carbocycles. The Morgan fingerprint density at radius 3 is 2.36 bits per heavy atom. The van der Waals surface area contributed by atoms with Crippen LogP contribution in [-0.2, 0) is 21.4 Å². The van der Waals surface area contributed by atoms with Crippen molar-refractivity contribution in [3.8, 4) is 5.75 Å². The van der Waals surface area contributed by atoms with Crippen LogP contribution < -0.4 is 9.64 Å². The van der Waals surface area contributed by atoms with Crippen LogP contribution in [-0.4, -0.2) is 93.8 Å². The first-order valence-corrected chi connectivity index (χ1v) is 15.5. The van der Waals surface area contributed by atoms with Gasteiger partial charge in [0.2, 0.25) is 0 Å². The number of carbonyl (C=O) groups is 2. The van der Waals surface area contributed by atoms with Crippen molar-refractivity contribution < 1.29 is 34.8 Å². The summed E-state index contributed by atoms with van der Waals surface area (Å²) >= 11 is 6.28. The number of hydrogen-bond acceptors (Lipinski definition) is 10. The molecular weight excluding hydrogens is 586 g/mol. The van der Waals surface area contributed by atoms with Crippen LogP contribution in [0.2, 0.25) is 5.02 Å².